The Balaban J connectivity index is 1.61. The van der Waals surface area contributed by atoms with Crippen LogP contribution >= 0.6 is 0 Å². The smallest absolute Gasteiger partial charge is 0.415 e. The number of methoxy groups -OCH3 is 2. The van der Waals surface area contributed by atoms with Crippen molar-refractivity contribution in [1.82, 2.24) is 15.1 Å². The number of nitrogens with one attached hydrogen (secondary N) is 1. The number of hydrogen-bond acceptors (Lipinski definition) is 9. The number of benzene rings is 2. The van der Waals surface area contributed by atoms with Crippen LogP contribution in [0.5, 0.6) is 23.1 Å². The first-order valence-electron chi connectivity index (χ1n) is 12.0. The summed E-state index contributed by atoms with van der Waals surface area (Å²) >= 11 is 0. The maximum absolute atomic E-state index is 12.8. The number of H-pyrrole nitrogens is 1. The van der Waals surface area contributed by atoms with Crippen LogP contribution in [0.1, 0.15) is 22.6 Å². The standard InChI is InChI=1S/C27H27N5O6/c1-15-4-6-16(7-5-15)23-22-21(18(14-28)25(29)38-26(22)31-30-23)17-12-19(34-2)24(20(13-17)35-3)37-27(33)32-8-10-36-11-9-32/h4-7,12-13,21H,8-11,29H2,1-3H3,(H,30,31)/t21-/m1/s1. The normalized spacial score (nSPS) is 16.8. The minimum atomic E-state index is -0.661. The van der Waals surface area contributed by atoms with Crippen LogP contribution in [0, 0.1) is 18.3 Å². The van der Waals surface area contributed by atoms with E-state index in [0.717, 1.165) is 11.1 Å². The molecule has 3 aromatic rings. The molecule has 5 rings (SSSR count). The molecule has 1 amide bonds. The minimum Gasteiger partial charge on any atom is -0.493 e. The van der Waals surface area contributed by atoms with Crippen molar-refractivity contribution in [3.63, 3.8) is 0 Å². The molecule has 0 bridgehead atoms. The molecule has 11 heteroatoms. The number of nitrogens with two attached hydrogens (primary N) is 1. The van der Waals surface area contributed by atoms with Crippen LogP contribution in [0.25, 0.3) is 11.3 Å². The number of hydrogen-bond donors (Lipinski definition) is 2. The van der Waals surface area contributed by atoms with Gasteiger partial charge in [0.1, 0.15) is 11.6 Å². The highest BCUT2D eigenvalue weighted by atomic mass is 16.6. The number of ether oxygens (including phenoxy) is 5. The number of carbonyl (C=O) groups is 1. The quantitative estimate of drug-likeness (QED) is 0.520. The highest BCUT2D eigenvalue weighted by Gasteiger charge is 2.37. The second-order valence-corrected chi connectivity index (χ2v) is 8.83. The van der Waals surface area contributed by atoms with Crippen LogP contribution in [0.15, 0.2) is 47.9 Å². The molecule has 11 nitrogen and oxygen atoms in total. The van der Waals surface area contributed by atoms with Gasteiger partial charge in [0.05, 0.1) is 44.6 Å². The van der Waals surface area contributed by atoms with E-state index in [1.165, 1.54) is 14.2 Å². The van der Waals surface area contributed by atoms with Gasteiger partial charge in [-0.05, 0) is 24.6 Å². The Morgan fingerprint density at radius 2 is 1.82 bits per heavy atom. The molecule has 0 radical (unpaired) electrons. The molecule has 1 saturated heterocycles. The first-order chi connectivity index (χ1) is 18.4. The highest BCUT2D eigenvalue weighted by Crippen LogP contribution is 2.49. The van der Waals surface area contributed by atoms with E-state index in [-0.39, 0.29) is 34.6 Å². The number of fused-ring (bicyclic) bond motifs is 1. The zero-order chi connectivity index (χ0) is 26.8. The topological polar surface area (TPSA) is 145 Å². The Labute approximate surface area is 219 Å². The molecule has 196 valence electrons. The van der Waals surface area contributed by atoms with Crippen LogP contribution < -0.4 is 24.7 Å². The molecule has 38 heavy (non-hydrogen) atoms. The van der Waals surface area contributed by atoms with Crippen LogP contribution in [-0.2, 0) is 4.74 Å². The number of aryl methyl sites for hydroxylation is 1. The molecule has 3 heterocycles. The predicted octanol–water partition coefficient (Wildman–Crippen LogP) is 3.45. The van der Waals surface area contributed by atoms with E-state index in [1.54, 1.807) is 17.0 Å². The fourth-order valence-corrected chi connectivity index (χ4v) is 4.58. The summed E-state index contributed by atoms with van der Waals surface area (Å²) < 4.78 is 28.0. The van der Waals surface area contributed by atoms with E-state index >= 15 is 0 Å². The number of nitriles is 1. The van der Waals surface area contributed by atoms with Crippen molar-refractivity contribution in [2.24, 2.45) is 5.73 Å². The molecule has 1 atom stereocenters. The fourth-order valence-electron chi connectivity index (χ4n) is 4.58. The SMILES string of the molecule is COc1cc([C@@H]2C(C#N)=C(N)Oc3n[nH]c(-c4ccc(C)cc4)c32)cc(OC)c1OC(=O)N1CCOCC1. The largest absolute Gasteiger partial charge is 0.493 e. The summed E-state index contributed by atoms with van der Waals surface area (Å²) in [6, 6.07) is 13.5. The molecule has 1 aromatic heterocycles. The predicted molar refractivity (Wildman–Crippen MR) is 136 cm³/mol. The second-order valence-electron chi connectivity index (χ2n) is 8.83. The number of carbonyl (C=O) groups excluding carboxylic acids is 1. The molecule has 2 aliphatic rings. The van der Waals surface area contributed by atoms with Crippen molar-refractivity contribution in [3.05, 3.63) is 64.5 Å². The third-order valence-electron chi connectivity index (χ3n) is 6.55. The van der Waals surface area contributed by atoms with Gasteiger partial charge in [0.25, 0.3) is 0 Å². The summed E-state index contributed by atoms with van der Waals surface area (Å²) in [5.41, 5.74) is 10.3. The van der Waals surface area contributed by atoms with E-state index in [2.05, 4.69) is 16.3 Å². The molecule has 1 fully saturated rings. The number of aromatic amines is 1. The van der Waals surface area contributed by atoms with Gasteiger partial charge in [-0.2, -0.15) is 5.26 Å². The lowest BCUT2D eigenvalue weighted by atomic mass is 9.82. The Hall–Kier alpha value is -4.69. The molecule has 2 aliphatic heterocycles. The monoisotopic (exact) mass is 517 g/mol. The van der Waals surface area contributed by atoms with E-state index in [4.69, 9.17) is 29.4 Å². The van der Waals surface area contributed by atoms with Gasteiger partial charge in [0, 0.05) is 18.7 Å². The molecule has 0 spiro atoms. The second kappa shape index (κ2) is 10.4. The highest BCUT2D eigenvalue weighted by molar-refractivity contribution is 5.75. The number of allylic oxidation sites excluding steroid dienone is 1. The maximum atomic E-state index is 12.8. The number of amides is 1. The zero-order valence-corrected chi connectivity index (χ0v) is 21.2. The van der Waals surface area contributed by atoms with Crippen molar-refractivity contribution in [3.8, 4) is 40.5 Å². The molecular weight excluding hydrogens is 490 g/mol. The summed E-state index contributed by atoms with van der Waals surface area (Å²) in [7, 11) is 2.93. The first kappa shape index (κ1) is 25.0. The molecule has 0 unspecified atom stereocenters. The summed E-state index contributed by atoms with van der Waals surface area (Å²) in [5.74, 6) is 0.195. The van der Waals surface area contributed by atoms with Crippen LogP contribution in [0.3, 0.4) is 0 Å². The lowest BCUT2D eigenvalue weighted by Crippen LogP contribution is -2.42. The minimum absolute atomic E-state index is 0.0484. The summed E-state index contributed by atoms with van der Waals surface area (Å²) in [4.78, 5) is 14.4. The lowest BCUT2D eigenvalue weighted by Gasteiger charge is -2.27. The fraction of sp³-hybridized carbons (Fsp3) is 0.296. The Morgan fingerprint density at radius 3 is 2.42 bits per heavy atom. The average molecular weight is 518 g/mol. The van der Waals surface area contributed by atoms with E-state index in [0.29, 0.717) is 43.1 Å². The van der Waals surface area contributed by atoms with Crippen molar-refractivity contribution in [2.45, 2.75) is 12.8 Å². The van der Waals surface area contributed by atoms with E-state index < -0.39 is 12.0 Å². The molecule has 0 aliphatic carbocycles. The first-order valence-corrected chi connectivity index (χ1v) is 12.0. The van der Waals surface area contributed by atoms with E-state index in [1.807, 2.05) is 31.2 Å². The van der Waals surface area contributed by atoms with Crippen LogP contribution in [0.2, 0.25) is 0 Å². The van der Waals surface area contributed by atoms with Crippen LogP contribution in [0.4, 0.5) is 4.79 Å². The van der Waals surface area contributed by atoms with Crippen molar-refractivity contribution in [1.29, 1.82) is 5.26 Å². The molecule has 2 aromatic carbocycles. The lowest BCUT2D eigenvalue weighted by molar-refractivity contribution is 0.0411. The zero-order valence-electron chi connectivity index (χ0n) is 21.2. The maximum Gasteiger partial charge on any atom is 0.415 e. The Morgan fingerprint density at radius 1 is 1.16 bits per heavy atom. The van der Waals surface area contributed by atoms with Crippen molar-refractivity contribution >= 4 is 6.09 Å². The number of morpholine rings is 1. The van der Waals surface area contributed by atoms with Gasteiger partial charge in [-0.25, -0.2) is 4.79 Å². The number of nitrogens with zero attached hydrogens (tertiary/aromatic N) is 3. The number of aromatic nitrogens is 2. The molecular formula is C27H27N5O6. The van der Waals surface area contributed by atoms with E-state index in [9.17, 15) is 10.1 Å². The van der Waals surface area contributed by atoms with Gasteiger partial charge < -0.3 is 34.3 Å². The van der Waals surface area contributed by atoms with Gasteiger partial charge in [0.2, 0.25) is 17.5 Å². The van der Waals surface area contributed by atoms with Gasteiger partial charge in [-0.1, -0.05) is 29.8 Å². The third-order valence-corrected chi connectivity index (χ3v) is 6.55. The molecule has 0 saturated carbocycles. The Kier molecular flexibility index (Phi) is 6.81. The summed E-state index contributed by atoms with van der Waals surface area (Å²) in [6.45, 7) is 3.72. The summed E-state index contributed by atoms with van der Waals surface area (Å²) in [6.07, 6.45) is -0.538. The summed E-state index contributed by atoms with van der Waals surface area (Å²) in [5, 5.41) is 17.4. The van der Waals surface area contributed by atoms with Gasteiger partial charge in [-0.15, -0.1) is 5.10 Å². The van der Waals surface area contributed by atoms with Gasteiger partial charge >= 0.3 is 6.09 Å². The van der Waals surface area contributed by atoms with Crippen molar-refractivity contribution in [2.75, 3.05) is 40.5 Å². The number of rotatable bonds is 5. The van der Waals surface area contributed by atoms with Crippen molar-refractivity contribution < 1.29 is 28.5 Å². The Bertz CT molecular complexity index is 1410. The van der Waals surface area contributed by atoms with Gasteiger partial charge in [-0.3, -0.25) is 5.10 Å². The third kappa shape index (κ3) is 4.46. The van der Waals surface area contributed by atoms with Crippen LogP contribution in [-0.4, -0.2) is 61.7 Å². The molecule has 3 N–H and O–H groups in total. The van der Waals surface area contributed by atoms with Gasteiger partial charge in [0.15, 0.2) is 11.5 Å². The average Bonchev–Trinajstić information content (AvgIpc) is 3.36.